The number of sulfonamides is 1. The number of carbonyl (C=O) groups is 3. The molecule has 9 nitrogen and oxygen atoms in total. The average molecular weight is 480 g/mol. The molecule has 33 heavy (non-hydrogen) atoms. The smallest absolute Gasteiger partial charge is 0.338 e. The van der Waals surface area contributed by atoms with Crippen molar-refractivity contribution in [2.45, 2.75) is 70.2 Å². The number of aryl methyl sites for hydroxylation is 1. The van der Waals surface area contributed by atoms with Gasteiger partial charge in [-0.05, 0) is 68.7 Å². The van der Waals surface area contributed by atoms with E-state index in [1.807, 2.05) is 0 Å². The van der Waals surface area contributed by atoms with Gasteiger partial charge < -0.3 is 10.1 Å². The second-order valence-corrected chi connectivity index (χ2v) is 11.0. The van der Waals surface area contributed by atoms with Crippen LogP contribution in [0.3, 0.4) is 0 Å². The first kappa shape index (κ1) is 25.2. The minimum absolute atomic E-state index is 0.0465. The fraction of sp³-hybridized carbons (Fsp3) is 0.609. The Labute approximate surface area is 195 Å². The summed E-state index contributed by atoms with van der Waals surface area (Å²) in [7, 11) is -3.76. The normalized spacial score (nSPS) is 18.2. The maximum Gasteiger partial charge on any atom is 0.338 e. The number of rotatable bonds is 6. The predicted octanol–water partition coefficient (Wildman–Crippen LogP) is 2.65. The van der Waals surface area contributed by atoms with Gasteiger partial charge in [-0.1, -0.05) is 19.8 Å². The average Bonchev–Trinajstić information content (AvgIpc) is 3.26. The van der Waals surface area contributed by atoms with Crippen molar-refractivity contribution >= 4 is 27.9 Å². The molecule has 182 valence electrons. The second-order valence-electron chi connectivity index (χ2n) is 9.08. The monoisotopic (exact) mass is 479 g/mol. The molecule has 1 aromatic rings. The highest BCUT2D eigenvalue weighted by Crippen LogP contribution is 2.28. The molecule has 0 radical (unpaired) electrons. The Balaban J connectivity index is 1.64. The number of imide groups is 1. The molecule has 3 rings (SSSR count). The lowest BCUT2D eigenvalue weighted by atomic mass is 10.0. The highest BCUT2D eigenvalue weighted by atomic mass is 32.2. The number of hydrogen-bond donors (Lipinski definition) is 2. The molecule has 0 spiro atoms. The third-order valence-electron chi connectivity index (χ3n) is 6.49. The summed E-state index contributed by atoms with van der Waals surface area (Å²) in [5, 5.41) is 4.87. The Bertz CT molecular complexity index is 1010. The summed E-state index contributed by atoms with van der Waals surface area (Å²) in [5.41, 5.74) is 1.26. The third kappa shape index (κ3) is 6.32. The summed E-state index contributed by atoms with van der Waals surface area (Å²) in [5.74, 6) is -1.10. The fourth-order valence-electron chi connectivity index (χ4n) is 4.25. The van der Waals surface area contributed by atoms with Gasteiger partial charge in [0.15, 0.2) is 6.61 Å². The molecular weight excluding hydrogens is 446 g/mol. The summed E-state index contributed by atoms with van der Waals surface area (Å²) in [6.45, 7) is 5.78. The van der Waals surface area contributed by atoms with Crippen LogP contribution < -0.4 is 10.6 Å². The third-order valence-corrected chi connectivity index (χ3v) is 8.52. The van der Waals surface area contributed by atoms with Crippen LogP contribution >= 0.6 is 0 Å². The van der Waals surface area contributed by atoms with Gasteiger partial charge in [0.2, 0.25) is 10.0 Å². The van der Waals surface area contributed by atoms with Crippen molar-refractivity contribution in [1.82, 2.24) is 14.9 Å². The molecule has 10 heteroatoms. The Kier molecular flexibility index (Phi) is 8.12. The van der Waals surface area contributed by atoms with Gasteiger partial charge in [-0.3, -0.25) is 10.1 Å². The molecule has 2 aliphatic rings. The van der Waals surface area contributed by atoms with E-state index < -0.39 is 34.5 Å². The largest absolute Gasteiger partial charge is 0.452 e. The highest BCUT2D eigenvalue weighted by Gasteiger charge is 2.30. The molecule has 0 aromatic heterocycles. The van der Waals surface area contributed by atoms with Gasteiger partial charge in [-0.25, -0.2) is 18.0 Å². The van der Waals surface area contributed by atoms with Crippen LogP contribution in [0.15, 0.2) is 17.0 Å². The minimum atomic E-state index is -3.76. The van der Waals surface area contributed by atoms with E-state index in [1.165, 1.54) is 10.4 Å². The zero-order valence-corrected chi connectivity index (χ0v) is 20.3. The molecule has 1 aliphatic heterocycles. The van der Waals surface area contributed by atoms with Crippen LogP contribution in [0.1, 0.15) is 66.9 Å². The van der Waals surface area contributed by atoms with Crippen LogP contribution in [-0.2, 0) is 19.6 Å². The molecule has 1 aliphatic carbocycles. The molecule has 1 saturated heterocycles. The number of nitrogens with zero attached hydrogens (tertiary/aromatic N) is 1. The number of benzene rings is 1. The SMILES string of the molecule is Cc1cc(C(=O)OCC(=O)NC(=O)NC2CCCC2)cc(S(=O)(=O)N2CCC(C)CC2)c1C. The first-order valence-corrected chi connectivity index (χ1v) is 12.9. The summed E-state index contributed by atoms with van der Waals surface area (Å²) >= 11 is 0. The Morgan fingerprint density at radius 3 is 2.33 bits per heavy atom. The first-order chi connectivity index (χ1) is 15.6. The van der Waals surface area contributed by atoms with E-state index in [2.05, 4.69) is 17.6 Å². The van der Waals surface area contributed by atoms with Crippen molar-refractivity contribution < 1.29 is 27.5 Å². The van der Waals surface area contributed by atoms with E-state index in [1.54, 1.807) is 19.9 Å². The quantitative estimate of drug-likeness (QED) is 0.605. The fourth-order valence-corrected chi connectivity index (χ4v) is 6.04. The molecule has 3 amide bonds. The maximum absolute atomic E-state index is 13.2. The standard InChI is InChI=1S/C23H33N3O6S/c1-15-8-10-26(11-9-15)33(30,31)20-13-18(12-16(2)17(20)3)22(28)32-14-21(27)25-23(29)24-19-6-4-5-7-19/h12-13,15,19H,4-11,14H2,1-3H3,(H2,24,25,27,29). The van der Waals surface area contributed by atoms with Crippen molar-refractivity contribution in [3.63, 3.8) is 0 Å². The summed E-state index contributed by atoms with van der Waals surface area (Å²) in [6, 6.07) is 2.29. The predicted molar refractivity (Wildman–Crippen MR) is 122 cm³/mol. The van der Waals surface area contributed by atoms with Crippen molar-refractivity contribution in [2.75, 3.05) is 19.7 Å². The molecular formula is C23H33N3O6S. The minimum Gasteiger partial charge on any atom is -0.452 e. The number of carbonyl (C=O) groups excluding carboxylic acids is 3. The van der Waals surface area contributed by atoms with Gasteiger partial charge >= 0.3 is 12.0 Å². The van der Waals surface area contributed by atoms with Gasteiger partial charge in [0.05, 0.1) is 10.5 Å². The summed E-state index contributed by atoms with van der Waals surface area (Å²) < 4.78 is 33.0. The number of ether oxygens (including phenoxy) is 1. The lowest BCUT2D eigenvalue weighted by Crippen LogP contribution is -2.45. The molecule has 2 N–H and O–H groups in total. The van der Waals surface area contributed by atoms with Crippen LogP contribution in [-0.4, -0.2) is 56.4 Å². The van der Waals surface area contributed by atoms with Crippen LogP contribution in [0.5, 0.6) is 0 Å². The molecule has 0 bridgehead atoms. The van der Waals surface area contributed by atoms with E-state index in [9.17, 15) is 22.8 Å². The number of piperidine rings is 1. The van der Waals surface area contributed by atoms with Crippen molar-refractivity contribution in [3.05, 3.63) is 28.8 Å². The van der Waals surface area contributed by atoms with E-state index in [0.29, 0.717) is 30.1 Å². The van der Waals surface area contributed by atoms with Gasteiger partial charge in [0.1, 0.15) is 0 Å². The summed E-state index contributed by atoms with van der Waals surface area (Å²) in [4.78, 5) is 36.5. The van der Waals surface area contributed by atoms with Crippen LogP contribution in [0.2, 0.25) is 0 Å². The maximum atomic E-state index is 13.2. The lowest BCUT2D eigenvalue weighted by Gasteiger charge is -2.30. The Morgan fingerprint density at radius 1 is 1.06 bits per heavy atom. The molecule has 0 atom stereocenters. The van der Waals surface area contributed by atoms with Gasteiger partial charge in [0, 0.05) is 19.1 Å². The van der Waals surface area contributed by atoms with Gasteiger partial charge in [0.25, 0.3) is 5.91 Å². The van der Waals surface area contributed by atoms with E-state index in [4.69, 9.17) is 4.74 Å². The zero-order valence-electron chi connectivity index (χ0n) is 19.5. The topological polar surface area (TPSA) is 122 Å². The van der Waals surface area contributed by atoms with Crippen LogP contribution in [0.4, 0.5) is 4.79 Å². The van der Waals surface area contributed by atoms with Crippen molar-refractivity contribution in [1.29, 1.82) is 0 Å². The molecule has 1 saturated carbocycles. The molecule has 1 aromatic carbocycles. The summed E-state index contributed by atoms with van der Waals surface area (Å²) in [6.07, 6.45) is 5.43. The van der Waals surface area contributed by atoms with Gasteiger partial charge in [-0.15, -0.1) is 0 Å². The number of hydrogen-bond acceptors (Lipinski definition) is 6. The lowest BCUT2D eigenvalue weighted by molar-refractivity contribution is -0.123. The van der Waals surface area contributed by atoms with E-state index in [-0.39, 0.29) is 16.5 Å². The molecule has 0 unspecified atom stereocenters. The Morgan fingerprint density at radius 2 is 1.70 bits per heavy atom. The number of esters is 1. The van der Waals surface area contributed by atoms with Crippen LogP contribution in [0, 0.1) is 19.8 Å². The number of urea groups is 1. The van der Waals surface area contributed by atoms with E-state index >= 15 is 0 Å². The van der Waals surface area contributed by atoms with Gasteiger partial charge in [-0.2, -0.15) is 4.31 Å². The molecule has 1 heterocycles. The van der Waals surface area contributed by atoms with Crippen LogP contribution in [0.25, 0.3) is 0 Å². The first-order valence-electron chi connectivity index (χ1n) is 11.5. The number of amides is 3. The van der Waals surface area contributed by atoms with Crippen molar-refractivity contribution in [2.24, 2.45) is 5.92 Å². The highest BCUT2D eigenvalue weighted by molar-refractivity contribution is 7.89. The van der Waals surface area contributed by atoms with Crippen molar-refractivity contribution in [3.8, 4) is 0 Å². The molecule has 2 fully saturated rings. The number of nitrogens with one attached hydrogen (secondary N) is 2. The second kappa shape index (κ2) is 10.6. The zero-order chi connectivity index (χ0) is 24.2. The van der Waals surface area contributed by atoms with E-state index in [0.717, 1.165) is 38.5 Å². The Hall–Kier alpha value is -2.46.